The van der Waals surface area contributed by atoms with Gasteiger partial charge in [0.05, 0.1) is 5.69 Å². The summed E-state index contributed by atoms with van der Waals surface area (Å²) in [5, 5.41) is 0. The van der Waals surface area contributed by atoms with Crippen molar-refractivity contribution in [3.63, 3.8) is 0 Å². The highest BCUT2D eigenvalue weighted by Crippen LogP contribution is 2.47. The summed E-state index contributed by atoms with van der Waals surface area (Å²) in [6.07, 6.45) is 0. The Kier molecular flexibility index (Phi) is 7.15. The molecular formula is C46H43BN2O2. The van der Waals surface area contributed by atoms with Gasteiger partial charge in [0.1, 0.15) is 13.2 Å². The highest BCUT2D eigenvalue weighted by atomic mass is 16.6. The highest BCUT2D eigenvalue weighted by molar-refractivity contribution is 7.00. The first-order valence-electron chi connectivity index (χ1n) is 18.1. The number of ether oxygens (including phenoxy) is 2. The molecule has 0 saturated heterocycles. The number of fused-ring (bicyclic) bond motifs is 5. The number of hydrogen-bond donors (Lipinski definition) is 0. The summed E-state index contributed by atoms with van der Waals surface area (Å²) in [6, 6.07) is 47.3. The molecule has 0 radical (unpaired) electrons. The topological polar surface area (TPSA) is 24.9 Å². The number of hydrogen-bond acceptors (Lipinski definition) is 4. The quantitative estimate of drug-likeness (QED) is 0.175. The van der Waals surface area contributed by atoms with Gasteiger partial charge in [-0.2, -0.15) is 0 Å². The van der Waals surface area contributed by atoms with Crippen LogP contribution in [-0.2, 0) is 10.8 Å². The van der Waals surface area contributed by atoms with Crippen LogP contribution < -0.4 is 35.7 Å². The maximum absolute atomic E-state index is 6.14. The first kappa shape index (κ1) is 31.6. The summed E-state index contributed by atoms with van der Waals surface area (Å²) in [6.45, 7) is 14.9. The SMILES string of the molecule is CC(C)(C)c1ccc(N2c3ccc(C(C)(C)C)cc3B3c4ccccc4N(c4ccc5c(c4)OCCO5)c4cc(-c5ccccc5)cc2c43)cc1. The third-order valence-electron chi connectivity index (χ3n) is 10.7. The van der Waals surface area contributed by atoms with Crippen LogP contribution >= 0.6 is 0 Å². The lowest BCUT2D eigenvalue weighted by atomic mass is 9.33. The third kappa shape index (κ3) is 5.21. The van der Waals surface area contributed by atoms with Gasteiger partial charge in [0.2, 0.25) is 0 Å². The van der Waals surface area contributed by atoms with E-state index in [0.717, 1.165) is 22.9 Å². The molecule has 6 aromatic rings. The van der Waals surface area contributed by atoms with Crippen LogP contribution in [0.3, 0.4) is 0 Å². The van der Waals surface area contributed by atoms with Gasteiger partial charge in [0.25, 0.3) is 6.71 Å². The number of anilines is 6. The predicted molar refractivity (Wildman–Crippen MR) is 214 cm³/mol. The Balaban J connectivity index is 1.37. The molecule has 0 fully saturated rings. The van der Waals surface area contributed by atoms with Crippen LogP contribution in [0.25, 0.3) is 11.1 Å². The molecule has 0 N–H and O–H groups in total. The average Bonchev–Trinajstić information content (AvgIpc) is 3.14. The Morgan fingerprint density at radius 3 is 1.76 bits per heavy atom. The van der Waals surface area contributed by atoms with E-state index in [2.05, 4.69) is 179 Å². The molecule has 3 aliphatic rings. The lowest BCUT2D eigenvalue weighted by Gasteiger charge is -2.45. The van der Waals surface area contributed by atoms with Crippen molar-refractivity contribution >= 4 is 57.2 Å². The number of nitrogens with zero attached hydrogens (tertiary/aromatic N) is 2. The second-order valence-corrected chi connectivity index (χ2v) is 16.1. The highest BCUT2D eigenvalue weighted by Gasteiger charge is 2.44. The first-order valence-corrected chi connectivity index (χ1v) is 18.1. The van der Waals surface area contributed by atoms with Gasteiger partial charge in [-0.15, -0.1) is 0 Å². The van der Waals surface area contributed by atoms with Gasteiger partial charge in [0.15, 0.2) is 11.5 Å². The molecule has 0 aromatic heterocycles. The smallest absolute Gasteiger partial charge is 0.252 e. The summed E-state index contributed by atoms with van der Waals surface area (Å²) in [5.74, 6) is 1.58. The summed E-state index contributed by atoms with van der Waals surface area (Å²) in [7, 11) is 0. The van der Waals surface area contributed by atoms with E-state index in [4.69, 9.17) is 9.47 Å². The van der Waals surface area contributed by atoms with Gasteiger partial charge < -0.3 is 19.3 Å². The van der Waals surface area contributed by atoms with Crippen molar-refractivity contribution in [2.45, 2.75) is 52.4 Å². The molecule has 3 aliphatic heterocycles. The minimum atomic E-state index is -0.0000867. The second-order valence-electron chi connectivity index (χ2n) is 16.1. The van der Waals surface area contributed by atoms with Crippen molar-refractivity contribution in [1.29, 1.82) is 0 Å². The average molecular weight is 667 g/mol. The van der Waals surface area contributed by atoms with Crippen LogP contribution in [0.5, 0.6) is 11.5 Å². The van der Waals surface area contributed by atoms with Gasteiger partial charge in [0, 0.05) is 34.5 Å². The monoisotopic (exact) mass is 666 g/mol. The molecule has 0 bridgehead atoms. The lowest BCUT2D eigenvalue weighted by Crippen LogP contribution is -2.61. The Labute approximate surface area is 302 Å². The fourth-order valence-corrected chi connectivity index (χ4v) is 8.05. The molecular weight excluding hydrogens is 623 g/mol. The van der Waals surface area contributed by atoms with Gasteiger partial charge in [-0.1, -0.05) is 114 Å². The van der Waals surface area contributed by atoms with Crippen LogP contribution in [0.15, 0.2) is 127 Å². The number of benzene rings is 6. The molecule has 51 heavy (non-hydrogen) atoms. The molecule has 4 nitrogen and oxygen atoms in total. The van der Waals surface area contributed by atoms with Crippen LogP contribution in [0.4, 0.5) is 34.1 Å². The largest absolute Gasteiger partial charge is 0.486 e. The van der Waals surface area contributed by atoms with Crippen molar-refractivity contribution in [2.75, 3.05) is 23.0 Å². The second kappa shape index (κ2) is 11.6. The van der Waals surface area contributed by atoms with Gasteiger partial charge in [-0.3, -0.25) is 0 Å². The zero-order valence-corrected chi connectivity index (χ0v) is 30.3. The maximum atomic E-state index is 6.14. The van der Waals surface area contributed by atoms with Crippen molar-refractivity contribution in [3.05, 3.63) is 139 Å². The molecule has 5 heteroatoms. The third-order valence-corrected chi connectivity index (χ3v) is 10.7. The van der Waals surface area contributed by atoms with E-state index in [1.165, 1.54) is 61.4 Å². The fraction of sp³-hybridized carbons (Fsp3) is 0.217. The van der Waals surface area contributed by atoms with Crippen molar-refractivity contribution in [3.8, 4) is 22.6 Å². The molecule has 0 amide bonds. The Bertz CT molecular complexity index is 2300. The minimum absolute atomic E-state index is 0.0000867. The van der Waals surface area contributed by atoms with E-state index in [9.17, 15) is 0 Å². The number of para-hydroxylation sites is 1. The van der Waals surface area contributed by atoms with E-state index in [1.807, 2.05) is 0 Å². The molecule has 0 aliphatic carbocycles. The minimum Gasteiger partial charge on any atom is -0.486 e. The van der Waals surface area contributed by atoms with Gasteiger partial charge >= 0.3 is 0 Å². The maximum Gasteiger partial charge on any atom is 0.252 e. The van der Waals surface area contributed by atoms with Gasteiger partial charge in [-0.05, 0) is 98.0 Å². The molecule has 9 rings (SSSR count). The summed E-state index contributed by atoms with van der Waals surface area (Å²) < 4.78 is 12.1. The van der Waals surface area contributed by atoms with Crippen molar-refractivity contribution in [1.82, 2.24) is 0 Å². The molecule has 0 atom stereocenters. The van der Waals surface area contributed by atoms with Crippen LogP contribution in [0.2, 0.25) is 0 Å². The molecule has 0 saturated carbocycles. The first-order chi connectivity index (χ1) is 24.6. The predicted octanol–water partition coefficient (Wildman–Crippen LogP) is 9.80. The molecule has 252 valence electrons. The van der Waals surface area contributed by atoms with E-state index >= 15 is 0 Å². The Hall–Kier alpha value is -5.42. The van der Waals surface area contributed by atoms with E-state index < -0.39 is 0 Å². The molecule has 0 unspecified atom stereocenters. The molecule has 0 spiro atoms. The Morgan fingerprint density at radius 1 is 0.471 bits per heavy atom. The van der Waals surface area contributed by atoms with E-state index in [-0.39, 0.29) is 17.5 Å². The summed E-state index contributed by atoms with van der Waals surface area (Å²) in [5.41, 5.74) is 16.0. The zero-order chi connectivity index (χ0) is 35.1. The van der Waals surface area contributed by atoms with Crippen molar-refractivity contribution < 1.29 is 9.47 Å². The van der Waals surface area contributed by atoms with Crippen LogP contribution in [0, 0.1) is 0 Å². The van der Waals surface area contributed by atoms with Crippen molar-refractivity contribution in [2.24, 2.45) is 0 Å². The zero-order valence-electron chi connectivity index (χ0n) is 30.3. The number of rotatable bonds is 3. The summed E-state index contributed by atoms with van der Waals surface area (Å²) in [4.78, 5) is 4.95. The molecule has 3 heterocycles. The normalized spacial score (nSPS) is 14.5. The van der Waals surface area contributed by atoms with Crippen LogP contribution in [-0.4, -0.2) is 19.9 Å². The Morgan fingerprint density at radius 2 is 1.06 bits per heavy atom. The lowest BCUT2D eigenvalue weighted by molar-refractivity contribution is 0.171. The van der Waals surface area contributed by atoms with Crippen LogP contribution in [0.1, 0.15) is 52.7 Å². The standard InChI is InChI=1S/C46H43BN2O2/c1-45(2,3)32-16-19-34(20-17-32)48-39-22-18-33(46(4,5)6)28-37(39)47-36-14-10-11-15-38(36)49(35-21-23-42-43(29-35)51-25-24-50-42)41-27-31(26-40(48)44(41)47)30-12-8-7-9-13-30/h7-23,26-29H,24-25H2,1-6H3. The van der Waals surface area contributed by atoms with E-state index in [0.29, 0.717) is 13.2 Å². The van der Waals surface area contributed by atoms with Gasteiger partial charge in [-0.25, -0.2) is 0 Å². The van der Waals surface area contributed by atoms with E-state index in [1.54, 1.807) is 0 Å². The fourth-order valence-electron chi connectivity index (χ4n) is 8.05. The molecule has 6 aromatic carbocycles. The summed E-state index contributed by atoms with van der Waals surface area (Å²) >= 11 is 0.